The van der Waals surface area contributed by atoms with Crippen molar-refractivity contribution >= 4 is 29.0 Å². The monoisotopic (exact) mass is 615 g/mol. The summed E-state index contributed by atoms with van der Waals surface area (Å²) in [6, 6.07) is 8.49. The lowest BCUT2D eigenvalue weighted by Crippen LogP contribution is -2.47. The smallest absolute Gasteiger partial charge is 0.416 e. The number of carbonyl (C=O) groups is 1. The number of piperazine rings is 1. The van der Waals surface area contributed by atoms with Gasteiger partial charge in [-0.15, -0.1) is 5.10 Å². The highest BCUT2D eigenvalue weighted by Crippen LogP contribution is 2.37. The average Bonchev–Trinajstić information content (AvgIpc) is 3.68. The van der Waals surface area contributed by atoms with Crippen molar-refractivity contribution in [2.24, 2.45) is 5.73 Å². The third-order valence-electron chi connectivity index (χ3n) is 7.62. The van der Waals surface area contributed by atoms with Crippen molar-refractivity contribution in [3.63, 3.8) is 0 Å². The lowest BCUT2D eigenvalue weighted by Gasteiger charge is -2.32. The van der Waals surface area contributed by atoms with Crippen molar-refractivity contribution in [1.29, 1.82) is 0 Å². The Morgan fingerprint density at radius 1 is 1.16 bits per heavy atom. The Morgan fingerprint density at radius 2 is 1.86 bits per heavy atom. The Kier molecular flexibility index (Phi) is 7.55. The number of hydrogen-bond donors (Lipinski definition) is 2. The number of nitrogens with one attached hydrogen (secondary N) is 1. The molecule has 0 spiro atoms. The zero-order valence-corrected chi connectivity index (χ0v) is 24.0. The molecule has 1 unspecified atom stereocenters. The molecule has 226 valence electrons. The van der Waals surface area contributed by atoms with Crippen LogP contribution in [0.25, 0.3) is 17.2 Å². The molecule has 3 heterocycles. The number of fused-ring (bicyclic) bond motifs is 1. The van der Waals surface area contributed by atoms with Gasteiger partial charge in [-0.3, -0.25) is 14.2 Å². The molecular weight excluding hydrogens is 587 g/mol. The van der Waals surface area contributed by atoms with Crippen LogP contribution >= 0.6 is 11.6 Å². The number of nitrogens with two attached hydrogens (primary N) is 1. The first kappa shape index (κ1) is 29.0. The van der Waals surface area contributed by atoms with Crippen molar-refractivity contribution in [2.75, 3.05) is 31.1 Å². The number of rotatable bonds is 8. The largest absolute Gasteiger partial charge is 0.490 e. The number of ether oxygens (including phenoxy) is 1. The summed E-state index contributed by atoms with van der Waals surface area (Å²) < 4.78 is 48.7. The van der Waals surface area contributed by atoms with Crippen LogP contribution in [0.2, 0.25) is 5.02 Å². The number of carbonyl (C=O) groups excluding carboxylic acids is 1. The third kappa shape index (κ3) is 5.54. The van der Waals surface area contributed by atoms with Gasteiger partial charge >= 0.3 is 6.18 Å². The summed E-state index contributed by atoms with van der Waals surface area (Å²) in [5, 5.41) is 7.49. The topological polar surface area (TPSA) is 120 Å². The molecule has 2 fully saturated rings. The van der Waals surface area contributed by atoms with Crippen molar-refractivity contribution in [3.05, 3.63) is 74.7 Å². The highest BCUT2D eigenvalue weighted by atomic mass is 35.5. The van der Waals surface area contributed by atoms with Crippen LogP contribution in [0, 0.1) is 0 Å². The molecule has 1 atom stereocenters. The van der Waals surface area contributed by atoms with Gasteiger partial charge in [-0.2, -0.15) is 22.7 Å². The molecule has 1 aliphatic heterocycles. The van der Waals surface area contributed by atoms with E-state index in [2.05, 4.69) is 15.4 Å². The normalized spacial score (nSPS) is 16.4. The molecule has 1 aliphatic carbocycles. The number of hydrogen-bond acceptors (Lipinski definition) is 7. The molecule has 2 aromatic heterocycles. The minimum atomic E-state index is -4.64. The van der Waals surface area contributed by atoms with Gasteiger partial charge in [-0.25, -0.2) is 0 Å². The minimum Gasteiger partial charge on any atom is -0.490 e. The number of benzene rings is 2. The summed E-state index contributed by atoms with van der Waals surface area (Å²) in [6.07, 6.45) is -2.11. The van der Waals surface area contributed by atoms with E-state index in [1.54, 1.807) is 24.3 Å². The Hall–Kier alpha value is -4.10. The van der Waals surface area contributed by atoms with Crippen LogP contribution in [-0.4, -0.2) is 57.4 Å². The Morgan fingerprint density at radius 3 is 2.44 bits per heavy atom. The van der Waals surface area contributed by atoms with Gasteiger partial charge in [0.2, 0.25) is 11.7 Å². The van der Waals surface area contributed by atoms with Crippen LogP contribution in [0.3, 0.4) is 0 Å². The fraction of sp³-hybridized carbons (Fsp3) is 0.379. The van der Waals surface area contributed by atoms with E-state index in [0.29, 0.717) is 48.9 Å². The molecule has 3 N–H and O–H groups in total. The van der Waals surface area contributed by atoms with Crippen molar-refractivity contribution in [1.82, 2.24) is 24.5 Å². The van der Waals surface area contributed by atoms with Crippen LogP contribution < -0.4 is 26.2 Å². The molecule has 10 nitrogen and oxygen atoms in total. The van der Waals surface area contributed by atoms with E-state index in [0.717, 1.165) is 35.6 Å². The first-order valence-corrected chi connectivity index (χ1v) is 14.4. The molecule has 0 radical (unpaired) electrons. The molecule has 1 saturated carbocycles. The maximum Gasteiger partial charge on any atom is 0.416 e. The number of amides is 1. The van der Waals surface area contributed by atoms with E-state index in [-0.39, 0.29) is 34.7 Å². The number of halogens is 4. The molecule has 1 amide bonds. The van der Waals surface area contributed by atoms with Crippen LogP contribution in [-0.2, 0) is 17.4 Å². The summed E-state index contributed by atoms with van der Waals surface area (Å²) in [5.41, 5.74) is 5.93. The molecule has 2 aromatic carbocycles. The van der Waals surface area contributed by atoms with E-state index >= 15 is 0 Å². The summed E-state index contributed by atoms with van der Waals surface area (Å²) >= 11 is 6.39. The quantitative estimate of drug-likeness (QED) is 0.309. The molecule has 2 aliphatic rings. The second-order valence-electron chi connectivity index (χ2n) is 10.6. The van der Waals surface area contributed by atoms with E-state index < -0.39 is 29.2 Å². The molecule has 14 heteroatoms. The van der Waals surface area contributed by atoms with E-state index in [1.165, 1.54) is 4.57 Å². The molecule has 0 bridgehead atoms. The summed E-state index contributed by atoms with van der Waals surface area (Å²) in [6.45, 7) is 4.10. The Bertz CT molecular complexity index is 1740. The highest BCUT2D eigenvalue weighted by Gasteiger charge is 2.35. The number of aromatic nitrogens is 4. The number of nitrogens with zero attached hydrogens (tertiary/aromatic N) is 5. The number of anilines is 1. The van der Waals surface area contributed by atoms with Gasteiger partial charge < -0.3 is 20.7 Å². The maximum absolute atomic E-state index is 14.0. The number of primary amides is 1. The zero-order chi connectivity index (χ0) is 30.5. The molecule has 43 heavy (non-hydrogen) atoms. The minimum absolute atomic E-state index is 0.00815. The summed E-state index contributed by atoms with van der Waals surface area (Å²) in [5.74, 6) is 0.0350. The van der Waals surface area contributed by atoms with Gasteiger partial charge in [0.25, 0.3) is 5.56 Å². The van der Waals surface area contributed by atoms with Gasteiger partial charge in [-0.05, 0) is 55.7 Å². The van der Waals surface area contributed by atoms with Crippen molar-refractivity contribution in [3.8, 4) is 17.1 Å². The van der Waals surface area contributed by atoms with Crippen LogP contribution in [0.4, 0.5) is 18.9 Å². The Labute approximate surface area is 249 Å². The van der Waals surface area contributed by atoms with Crippen molar-refractivity contribution in [2.45, 2.75) is 44.5 Å². The lowest BCUT2D eigenvalue weighted by molar-refractivity contribution is -0.137. The van der Waals surface area contributed by atoms with Gasteiger partial charge in [0, 0.05) is 42.3 Å². The SMILES string of the molecule is CCc1c(N2CCNCC2)c(=O)n2nc(-c3ccc(OC4CC4)cc3)nc2n1C(C(N)=O)c1ccc(C(F)(F)F)cc1Cl. The fourth-order valence-corrected chi connectivity index (χ4v) is 5.68. The fourth-order valence-electron chi connectivity index (χ4n) is 5.40. The number of alkyl halides is 3. The second-order valence-corrected chi connectivity index (χ2v) is 11.0. The highest BCUT2D eigenvalue weighted by molar-refractivity contribution is 6.31. The van der Waals surface area contributed by atoms with Crippen molar-refractivity contribution < 1.29 is 22.7 Å². The van der Waals surface area contributed by atoms with Crippen LogP contribution in [0.1, 0.15) is 42.6 Å². The third-order valence-corrected chi connectivity index (χ3v) is 7.95. The van der Waals surface area contributed by atoms with Gasteiger partial charge in [0.1, 0.15) is 17.5 Å². The van der Waals surface area contributed by atoms with E-state index in [4.69, 9.17) is 22.1 Å². The van der Waals surface area contributed by atoms with Gasteiger partial charge in [-0.1, -0.05) is 24.6 Å². The predicted octanol–water partition coefficient (Wildman–Crippen LogP) is 3.82. The molecule has 6 rings (SSSR count). The van der Waals surface area contributed by atoms with Crippen LogP contribution in [0.5, 0.6) is 5.75 Å². The summed E-state index contributed by atoms with van der Waals surface area (Å²) in [4.78, 5) is 33.8. The van der Waals surface area contributed by atoms with Gasteiger partial charge in [0.05, 0.1) is 17.4 Å². The lowest BCUT2D eigenvalue weighted by atomic mass is 10.0. The van der Waals surface area contributed by atoms with Crippen LogP contribution in [0.15, 0.2) is 47.3 Å². The van der Waals surface area contributed by atoms with E-state index in [1.807, 2.05) is 11.8 Å². The second kappa shape index (κ2) is 11.2. The molecular formula is C29H29ClF3N7O3. The first-order chi connectivity index (χ1) is 20.6. The predicted molar refractivity (Wildman–Crippen MR) is 155 cm³/mol. The average molecular weight is 616 g/mol. The Balaban J connectivity index is 1.58. The van der Waals surface area contributed by atoms with E-state index in [9.17, 15) is 22.8 Å². The summed E-state index contributed by atoms with van der Waals surface area (Å²) in [7, 11) is 0. The van der Waals surface area contributed by atoms with Gasteiger partial charge in [0.15, 0.2) is 5.82 Å². The first-order valence-electron chi connectivity index (χ1n) is 14.0. The molecule has 1 saturated heterocycles. The maximum atomic E-state index is 14.0. The zero-order valence-electron chi connectivity index (χ0n) is 23.2. The molecule has 4 aromatic rings. The standard InChI is InChI=1S/C29H29ClF3N7O3/c1-2-22-24(38-13-11-35-12-14-38)27(42)40-28(36-26(37-40)16-3-6-18(7-4-16)43-19-8-9-19)39(22)23(25(34)41)20-10-5-17(15-21(20)30)29(31,32)33/h3-7,10,15,19,23,35H,2,8-9,11-14H2,1H3,(H2,34,41).